The highest BCUT2D eigenvalue weighted by Gasteiger charge is 2.26. The van der Waals surface area contributed by atoms with Crippen molar-refractivity contribution >= 4 is 38.9 Å². The SMILES string of the molecule is COC(=O)c1sccc1NC(=O)c1ccc(S(=O)(=O)N2CCOCC2)cc1. The number of nitrogens with zero attached hydrogens (tertiary/aromatic N) is 1. The molecule has 2 heterocycles. The van der Waals surface area contributed by atoms with Crippen molar-refractivity contribution in [2.75, 3.05) is 38.7 Å². The van der Waals surface area contributed by atoms with Crippen LogP contribution in [0.25, 0.3) is 0 Å². The van der Waals surface area contributed by atoms with Gasteiger partial charge in [0.1, 0.15) is 4.88 Å². The number of carbonyl (C=O) groups is 2. The van der Waals surface area contributed by atoms with Crippen LogP contribution in [-0.2, 0) is 19.5 Å². The van der Waals surface area contributed by atoms with Crippen LogP contribution in [0.4, 0.5) is 5.69 Å². The zero-order valence-corrected chi connectivity index (χ0v) is 16.1. The summed E-state index contributed by atoms with van der Waals surface area (Å²) in [6, 6.07) is 7.27. The molecule has 1 N–H and O–H groups in total. The molecule has 1 aliphatic heterocycles. The Kier molecular flexibility index (Phi) is 5.90. The van der Waals surface area contributed by atoms with E-state index in [2.05, 4.69) is 10.1 Å². The van der Waals surface area contributed by atoms with Crippen molar-refractivity contribution in [3.05, 3.63) is 46.2 Å². The fourth-order valence-electron chi connectivity index (χ4n) is 2.57. The molecule has 3 rings (SSSR count). The number of hydrogen-bond acceptors (Lipinski definition) is 7. The van der Waals surface area contributed by atoms with Gasteiger partial charge in [0.05, 0.1) is 30.9 Å². The Morgan fingerprint density at radius 1 is 1.15 bits per heavy atom. The summed E-state index contributed by atoms with van der Waals surface area (Å²) in [6.45, 7) is 1.34. The molecule has 1 aromatic heterocycles. The number of benzene rings is 1. The number of rotatable bonds is 5. The highest BCUT2D eigenvalue weighted by Crippen LogP contribution is 2.24. The summed E-state index contributed by atoms with van der Waals surface area (Å²) in [7, 11) is -2.35. The van der Waals surface area contributed by atoms with Gasteiger partial charge in [0.25, 0.3) is 5.91 Å². The summed E-state index contributed by atoms with van der Waals surface area (Å²) in [5.41, 5.74) is 0.625. The molecule has 0 radical (unpaired) electrons. The predicted molar refractivity (Wildman–Crippen MR) is 99.6 cm³/mol. The Morgan fingerprint density at radius 2 is 1.81 bits per heavy atom. The van der Waals surface area contributed by atoms with Gasteiger partial charge in [-0.1, -0.05) is 0 Å². The molecule has 2 aromatic rings. The molecular weight excluding hydrogens is 392 g/mol. The smallest absolute Gasteiger partial charge is 0.350 e. The van der Waals surface area contributed by atoms with E-state index in [9.17, 15) is 18.0 Å². The summed E-state index contributed by atoms with van der Waals surface area (Å²) >= 11 is 1.16. The first kappa shape index (κ1) is 19.5. The largest absolute Gasteiger partial charge is 0.465 e. The second kappa shape index (κ2) is 8.17. The third-order valence-electron chi connectivity index (χ3n) is 4.01. The summed E-state index contributed by atoms with van der Waals surface area (Å²) in [5, 5.41) is 4.30. The molecule has 0 saturated carbocycles. The van der Waals surface area contributed by atoms with Crippen LogP contribution in [0.2, 0.25) is 0 Å². The lowest BCUT2D eigenvalue weighted by Gasteiger charge is -2.26. The molecule has 1 aliphatic rings. The average Bonchev–Trinajstić information content (AvgIpc) is 3.16. The lowest BCUT2D eigenvalue weighted by atomic mass is 10.2. The minimum Gasteiger partial charge on any atom is -0.465 e. The molecule has 1 aromatic carbocycles. The Morgan fingerprint density at radius 3 is 2.44 bits per heavy atom. The van der Waals surface area contributed by atoms with E-state index in [4.69, 9.17) is 4.74 Å². The first-order valence-electron chi connectivity index (χ1n) is 8.08. The van der Waals surface area contributed by atoms with Crippen LogP contribution in [-0.4, -0.2) is 58.0 Å². The standard InChI is InChI=1S/C17H18N2O6S2/c1-24-17(21)15-14(6-11-26-15)18-16(20)12-2-4-13(5-3-12)27(22,23)19-7-9-25-10-8-19/h2-6,11H,7-10H2,1H3,(H,18,20). The number of carbonyl (C=O) groups excluding carboxylic acids is 2. The van der Waals surface area contributed by atoms with Crippen molar-refractivity contribution in [2.45, 2.75) is 4.90 Å². The Bertz CT molecular complexity index is 931. The van der Waals surface area contributed by atoms with Crippen LogP contribution in [0.15, 0.2) is 40.6 Å². The molecule has 8 nitrogen and oxygen atoms in total. The maximum Gasteiger partial charge on any atom is 0.350 e. The van der Waals surface area contributed by atoms with Crippen molar-refractivity contribution in [1.82, 2.24) is 4.31 Å². The van der Waals surface area contributed by atoms with Gasteiger partial charge in [-0.2, -0.15) is 4.31 Å². The summed E-state index contributed by atoms with van der Waals surface area (Å²) in [5.74, 6) is -0.985. The van der Waals surface area contributed by atoms with Gasteiger partial charge in [-0.15, -0.1) is 11.3 Å². The maximum absolute atomic E-state index is 12.6. The number of anilines is 1. The third kappa shape index (κ3) is 4.19. The van der Waals surface area contributed by atoms with Crippen LogP contribution in [0, 0.1) is 0 Å². The minimum atomic E-state index is -3.61. The molecule has 1 fully saturated rings. The van der Waals surface area contributed by atoms with Gasteiger partial charge < -0.3 is 14.8 Å². The quantitative estimate of drug-likeness (QED) is 0.755. The molecule has 0 bridgehead atoms. The van der Waals surface area contributed by atoms with Crippen molar-refractivity contribution < 1.29 is 27.5 Å². The Labute approximate surface area is 160 Å². The number of methoxy groups -OCH3 is 1. The molecule has 0 aliphatic carbocycles. The van der Waals surface area contributed by atoms with E-state index in [1.165, 1.54) is 35.7 Å². The van der Waals surface area contributed by atoms with Crippen molar-refractivity contribution in [3.8, 4) is 0 Å². The number of ether oxygens (including phenoxy) is 2. The number of amides is 1. The highest BCUT2D eigenvalue weighted by molar-refractivity contribution is 7.89. The Balaban J connectivity index is 1.74. The number of esters is 1. The first-order chi connectivity index (χ1) is 12.9. The zero-order chi connectivity index (χ0) is 19.4. The fourth-order valence-corrected chi connectivity index (χ4v) is 4.74. The van der Waals surface area contributed by atoms with E-state index >= 15 is 0 Å². The van der Waals surface area contributed by atoms with E-state index in [0.717, 1.165) is 11.3 Å². The van der Waals surface area contributed by atoms with Crippen LogP contribution >= 0.6 is 11.3 Å². The zero-order valence-electron chi connectivity index (χ0n) is 14.5. The van der Waals surface area contributed by atoms with Crippen molar-refractivity contribution in [3.63, 3.8) is 0 Å². The van der Waals surface area contributed by atoms with Crippen LogP contribution in [0.3, 0.4) is 0 Å². The summed E-state index contributed by atoms with van der Waals surface area (Å²) in [4.78, 5) is 24.5. The van der Waals surface area contributed by atoms with Gasteiger partial charge in [-0.05, 0) is 35.7 Å². The fraction of sp³-hybridized carbons (Fsp3) is 0.294. The number of morpholine rings is 1. The van der Waals surface area contributed by atoms with Gasteiger partial charge in [0, 0.05) is 18.7 Å². The Hall–Kier alpha value is -2.27. The van der Waals surface area contributed by atoms with Gasteiger partial charge in [0.15, 0.2) is 0 Å². The molecule has 0 unspecified atom stereocenters. The van der Waals surface area contributed by atoms with E-state index in [-0.39, 0.29) is 15.3 Å². The van der Waals surface area contributed by atoms with E-state index in [0.29, 0.717) is 32.0 Å². The molecule has 0 spiro atoms. The number of hydrogen-bond donors (Lipinski definition) is 1. The van der Waals surface area contributed by atoms with E-state index in [1.54, 1.807) is 11.4 Å². The molecular formula is C17H18N2O6S2. The van der Waals surface area contributed by atoms with Gasteiger partial charge >= 0.3 is 5.97 Å². The van der Waals surface area contributed by atoms with Crippen LogP contribution in [0.5, 0.6) is 0 Å². The maximum atomic E-state index is 12.6. The summed E-state index contributed by atoms with van der Waals surface area (Å²) < 4.78 is 36.4. The summed E-state index contributed by atoms with van der Waals surface area (Å²) in [6.07, 6.45) is 0. The first-order valence-corrected chi connectivity index (χ1v) is 10.4. The predicted octanol–water partition coefficient (Wildman–Crippen LogP) is 1.81. The molecule has 1 saturated heterocycles. The topological polar surface area (TPSA) is 102 Å². The minimum absolute atomic E-state index is 0.117. The van der Waals surface area contributed by atoms with Crippen molar-refractivity contribution in [1.29, 1.82) is 0 Å². The van der Waals surface area contributed by atoms with Crippen LogP contribution < -0.4 is 5.32 Å². The average molecular weight is 410 g/mol. The molecule has 1 amide bonds. The molecule has 144 valence electrons. The van der Waals surface area contributed by atoms with E-state index < -0.39 is 21.9 Å². The van der Waals surface area contributed by atoms with Gasteiger partial charge in [-0.25, -0.2) is 13.2 Å². The van der Waals surface area contributed by atoms with E-state index in [1.807, 2.05) is 0 Å². The number of thiophene rings is 1. The molecule has 0 atom stereocenters. The lowest BCUT2D eigenvalue weighted by Crippen LogP contribution is -2.40. The monoisotopic (exact) mass is 410 g/mol. The third-order valence-corrected chi connectivity index (χ3v) is 6.82. The van der Waals surface area contributed by atoms with Gasteiger partial charge in [0.2, 0.25) is 10.0 Å². The van der Waals surface area contributed by atoms with Crippen LogP contribution in [0.1, 0.15) is 20.0 Å². The second-order valence-electron chi connectivity index (χ2n) is 5.65. The normalized spacial score (nSPS) is 15.3. The number of sulfonamides is 1. The second-order valence-corrected chi connectivity index (χ2v) is 8.50. The molecule has 27 heavy (non-hydrogen) atoms. The van der Waals surface area contributed by atoms with Gasteiger partial charge in [-0.3, -0.25) is 4.79 Å². The highest BCUT2D eigenvalue weighted by atomic mass is 32.2. The molecule has 10 heteroatoms. The lowest BCUT2D eigenvalue weighted by molar-refractivity contribution is 0.0607. The number of nitrogens with one attached hydrogen (secondary N) is 1. The van der Waals surface area contributed by atoms with Crippen molar-refractivity contribution in [2.24, 2.45) is 0 Å².